The monoisotopic (exact) mass is 289 g/mol. The van der Waals surface area contributed by atoms with Gasteiger partial charge in [0.1, 0.15) is 4.92 Å². The molecule has 3 heterocycles. The second-order valence-electron chi connectivity index (χ2n) is 4.17. The molecule has 0 bridgehead atoms. The summed E-state index contributed by atoms with van der Waals surface area (Å²) in [5.41, 5.74) is 9.97. The quantitative estimate of drug-likeness (QED) is 0.544. The molecule has 0 saturated carbocycles. The van der Waals surface area contributed by atoms with Crippen LogP contribution in [-0.4, -0.2) is 26.8 Å². The molecule has 1 aliphatic heterocycles. The fraction of sp³-hybridized carbons (Fsp3) is 0.0909. The Morgan fingerprint density at radius 2 is 2.33 bits per heavy atom. The molecule has 108 valence electrons. The van der Waals surface area contributed by atoms with E-state index < -0.39 is 4.92 Å². The molecule has 0 saturated heterocycles. The van der Waals surface area contributed by atoms with E-state index in [9.17, 15) is 10.1 Å². The van der Waals surface area contributed by atoms with Gasteiger partial charge in [-0.15, -0.1) is 10.2 Å². The Hall–Kier alpha value is -3.30. The molecule has 3 rings (SSSR count). The molecule has 10 nitrogen and oxygen atoms in total. The van der Waals surface area contributed by atoms with Crippen molar-refractivity contribution in [1.29, 1.82) is 0 Å². The van der Waals surface area contributed by atoms with Crippen LogP contribution in [0.4, 0.5) is 5.88 Å². The normalized spacial score (nSPS) is 15.3. The maximum absolute atomic E-state index is 10.7. The van der Waals surface area contributed by atoms with Crippen LogP contribution in [-0.2, 0) is 0 Å². The first-order valence-corrected chi connectivity index (χ1v) is 5.92. The molecular weight excluding hydrogens is 278 g/mol. The third kappa shape index (κ3) is 2.08. The number of nitro groups is 1. The van der Waals surface area contributed by atoms with E-state index in [1.54, 1.807) is 19.3 Å². The fourth-order valence-corrected chi connectivity index (χ4v) is 1.87. The van der Waals surface area contributed by atoms with Crippen molar-refractivity contribution in [3.8, 4) is 11.6 Å². The predicted molar refractivity (Wildman–Crippen MR) is 73.0 cm³/mol. The first kappa shape index (κ1) is 12.7. The van der Waals surface area contributed by atoms with Gasteiger partial charge in [-0.1, -0.05) is 0 Å². The molecule has 0 fully saturated rings. The van der Waals surface area contributed by atoms with Gasteiger partial charge in [-0.3, -0.25) is 15.5 Å². The van der Waals surface area contributed by atoms with Crippen molar-refractivity contribution in [3.63, 3.8) is 0 Å². The maximum atomic E-state index is 10.7. The summed E-state index contributed by atoms with van der Waals surface area (Å²) in [6.07, 6.45) is 3.30. The highest BCUT2D eigenvalue weighted by Gasteiger charge is 2.23. The minimum absolute atomic E-state index is 0.227. The van der Waals surface area contributed by atoms with E-state index in [0.717, 1.165) is 0 Å². The summed E-state index contributed by atoms with van der Waals surface area (Å²) in [4.78, 5) is 10.0. The minimum Gasteiger partial charge on any atom is -0.397 e. The summed E-state index contributed by atoms with van der Waals surface area (Å²) in [6.45, 7) is 0. The van der Waals surface area contributed by atoms with E-state index in [1.165, 1.54) is 16.8 Å². The van der Waals surface area contributed by atoms with Crippen LogP contribution in [0, 0.1) is 10.1 Å². The molecule has 0 amide bonds. The number of hydrogen-bond donors (Lipinski definition) is 3. The van der Waals surface area contributed by atoms with Crippen molar-refractivity contribution in [2.45, 2.75) is 0 Å². The number of nitrogens with two attached hydrogens (primary N) is 1. The second-order valence-corrected chi connectivity index (χ2v) is 4.17. The third-order valence-corrected chi connectivity index (χ3v) is 2.80. The fourth-order valence-electron chi connectivity index (χ4n) is 1.87. The molecule has 10 heteroatoms. The van der Waals surface area contributed by atoms with Gasteiger partial charge in [-0.05, 0) is 6.07 Å². The van der Waals surface area contributed by atoms with Gasteiger partial charge in [0.05, 0.1) is 17.5 Å². The average Bonchev–Trinajstić information content (AvgIpc) is 3.05. The molecule has 0 spiro atoms. The Morgan fingerprint density at radius 3 is 3.00 bits per heavy atom. The molecule has 1 aliphatic rings. The Balaban J connectivity index is 2.04. The Labute approximate surface area is 118 Å². The third-order valence-electron chi connectivity index (χ3n) is 2.80. The van der Waals surface area contributed by atoms with Gasteiger partial charge >= 0.3 is 5.88 Å². The van der Waals surface area contributed by atoms with Gasteiger partial charge < -0.3 is 15.5 Å². The number of nitrogens with zero attached hydrogens (tertiary/aromatic N) is 4. The van der Waals surface area contributed by atoms with Crippen LogP contribution in [0.2, 0.25) is 0 Å². The summed E-state index contributed by atoms with van der Waals surface area (Å²) in [5.74, 6) is 0.642. The minimum atomic E-state index is -0.616. The molecule has 4 N–H and O–H groups in total. The van der Waals surface area contributed by atoms with Crippen LogP contribution in [0.5, 0.6) is 0 Å². The lowest BCUT2D eigenvalue weighted by Gasteiger charge is -2.18. The van der Waals surface area contributed by atoms with Crippen molar-refractivity contribution >= 4 is 12.0 Å². The SMILES string of the molecule is CNC=C1Nn2c(nnc2-c2ccc([N+](=O)[O-])o2)C=C1N. The molecule has 0 aliphatic carbocycles. The molecule has 2 aromatic heterocycles. The highest BCUT2D eigenvalue weighted by Crippen LogP contribution is 2.26. The topological polar surface area (TPSA) is 137 Å². The van der Waals surface area contributed by atoms with E-state index in [1.807, 2.05) is 0 Å². The maximum Gasteiger partial charge on any atom is 0.433 e. The lowest BCUT2D eigenvalue weighted by molar-refractivity contribution is -0.401. The van der Waals surface area contributed by atoms with E-state index >= 15 is 0 Å². The number of rotatable bonds is 3. The molecule has 21 heavy (non-hydrogen) atoms. The lowest BCUT2D eigenvalue weighted by Crippen LogP contribution is -2.26. The predicted octanol–water partition coefficient (Wildman–Crippen LogP) is 0.364. The van der Waals surface area contributed by atoms with Crippen LogP contribution in [0.15, 0.2) is 34.1 Å². The molecule has 0 unspecified atom stereocenters. The number of furan rings is 1. The Bertz CT molecular complexity index is 771. The Kier molecular flexibility index (Phi) is 2.83. The Morgan fingerprint density at radius 1 is 1.52 bits per heavy atom. The smallest absolute Gasteiger partial charge is 0.397 e. The van der Waals surface area contributed by atoms with Crippen LogP contribution in [0.25, 0.3) is 17.7 Å². The second kappa shape index (κ2) is 4.67. The highest BCUT2D eigenvalue weighted by atomic mass is 16.6. The summed E-state index contributed by atoms with van der Waals surface area (Å²) >= 11 is 0. The molecule has 0 atom stereocenters. The van der Waals surface area contributed by atoms with Gasteiger partial charge in [0.25, 0.3) is 0 Å². The number of fused-ring (bicyclic) bond motifs is 1. The van der Waals surface area contributed by atoms with Crippen molar-refractivity contribution in [2.75, 3.05) is 12.5 Å². The van der Waals surface area contributed by atoms with Gasteiger partial charge in [0.2, 0.25) is 5.82 Å². The highest BCUT2D eigenvalue weighted by molar-refractivity contribution is 5.61. The van der Waals surface area contributed by atoms with Gasteiger partial charge in [0, 0.05) is 19.3 Å². The number of hydrogen-bond acceptors (Lipinski definition) is 8. The van der Waals surface area contributed by atoms with Gasteiger partial charge in [-0.25, -0.2) is 4.68 Å². The van der Waals surface area contributed by atoms with Gasteiger partial charge in [0.15, 0.2) is 11.6 Å². The first-order valence-electron chi connectivity index (χ1n) is 5.92. The van der Waals surface area contributed by atoms with E-state index in [4.69, 9.17) is 10.2 Å². The summed E-state index contributed by atoms with van der Waals surface area (Å²) in [7, 11) is 1.74. The first-order chi connectivity index (χ1) is 10.1. The average molecular weight is 289 g/mol. The molecule has 0 radical (unpaired) electrons. The summed E-state index contributed by atoms with van der Waals surface area (Å²) in [6, 6.07) is 2.72. The van der Waals surface area contributed by atoms with Crippen molar-refractivity contribution in [3.05, 3.63) is 45.7 Å². The van der Waals surface area contributed by atoms with Crippen LogP contribution in [0.3, 0.4) is 0 Å². The van der Waals surface area contributed by atoms with Crippen LogP contribution < -0.4 is 16.5 Å². The van der Waals surface area contributed by atoms with Crippen molar-refractivity contribution in [2.24, 2.45) is 5.73 Å². The molecular formula is C11H11N7O3. The standard InChI is InChI=1S/C11H11N7O3/c1-13-5-7-6(12)4-9-14-15-11(17(9)16-7)8-2-3-10(21-8)18(19)20/h2-5,13,16H,12H2,1H3. The van der Waals surface area contributed by atoms with Gasteiger partial charge in [-0.2, -0.15) is 0 Å². The number of aromatic nitrogens is 3. The van der Waals surface area contributed by atoms with Crippen LogP contribution in [0.1, 0.15) is 5.82 Å². The van der Waals surface area contributed by atoms with Crippen LogP contribution >= 0.6 is 0 Å². The summed E-state index contributed by atoms with van der Waals surface area (Å²) in [5, 5.41) is 21.4. The number of nitrogens with one attached hydrogen (secondary N) is 2. The zero-order valence-corrected chi connectivity index (χ0v) is 10.9. The molecule has 2 aromatic rings. The largest absolute Gasteiger partial charge is 0.433 e. The zero-order chi connectivity index (χ0) is 15.0. The van der Waals surface area contributed by atoms with E-state index in [-0.39, 0.29) is 11.6 Å². The van der Waals surface area contributed by atoms with E-state index in [2.05, 4.69) is 20.9 Å². The molecule has 0 aromatic carbocycles. The van der Waals surface area contributed by atoms with E-state index in [0.29, 0.717) is 23.0 Å². The van der Waals surface area contributed by atoms with Crippen molar-refractivity contribution < 1.29 is 9.34 Å². The van der Waals surface area contributed by atoms with Crippen molar-refractivity contribution in [1.82, 2.24) is 20.2 Å². The zero-order valence-electron chi connectivity index (χ0n) is 10.9. The summed E-state index contributed by atoms with van der Waals surface area (Å²) < 4.78 is 6.66. The lowest BCUT2D eigenvalue weighted by atomic mass is 10.3.